The lowest BCUT2D eigenvalue weighted by atomic mass is 9.89. The molecule has 2 heteroatoms. The number of esters is 1. The smallest absolute Gasteiger partial charge is 0.308 e. The van der Waals surface area contributed by atoms with Crippen LogP contribution in [-0.4, -0.2) is 12.6 Å². The molecule has 0 aromatic rings. The van der Waals surface area contributed by atoms with Gasteiger partial charge in [0.1, 0.15) is 0 Å². The van der Waals surface area contributed by atoms with E-state index in [2.05, 4.69) is 13.8 Å². The third-order valence-corrected chi connectivity index (χ3v) is 2.89. The maximum Gasteiger partial charge on any atom is 0.308 e. The summed E-state index contributed by atoms with van der Waals surface area (Å²) >= 11 is 0. The molecule has 0 aliphatic heterocycles. The molecule has 110 valence electrons. The Bertz CT molecular complexity index is 158. The van der Waals surface area contributed by atoms with Crippen LogP contribution in [0.3, 0.4) is 0 Å². The van der Waals surface area contributed by atoms with Gasteiger partial charge in [-0.1, -0.05) is 66.7 Å². The Labute approximate surface area is 114 Å². The summed E-state index contributed by atoms with van der Waals surface area (Å²) in [6, 6.07) is 0. The summed E-state index contributed by atoms with van der Waals surface area (Å²) in [5.41, 5.74) is 0. The van der Waals surface area contributed by atoms with Crippen LogP contribution in [0.4, 0.5) is 0 Å². The van der Waals surface area contributed by atoms with E-state index >= 15 is 0 Å². The van der Waals surface area contributed by atoms with Crippen molar-refractivity contribution in [2.75, 3.05) is 6.61 Å². The fraction of sp³-hybridized carbons (Fsp3) is 0.938. The Morgan fingerprint density at radius 2 is 1.44 bits per heavy atom. The third-order valence-electron chi connectivity index (χ3n) is 2.89. The summed E-state index contributed by atoms with van der Waals surface area (Å²) in [7, 11) is 0. The highest BCUT2D eigenvalue weighted by Gasteiger charge is 2.21. The first-order valence-electron chi connectivity index (χ1n) is 7.92. The van der Waals surface area contributed by atoms with Gasteiger partial charge >= 0.3 is 5.97 Å². The van der Waals surface area contributed by atoms with E-state index in [-0.39, 0.29) is 11.9 Å². The van der Waals surface area contributed by atoms with E-state index < -0.39 is 0 Å². The molecule has 0 saturated heterocycles. The maximum atomic E-state index is 11.3. The van der Waals surface area contributed by atoms with Crippen molar-refractivity contribution in [3.05, 3.63) is 0 Å². The molecule has 1 rings (SSSR count). The standard InChI is InChI=1S/C10H18O2.C4H10.C2H6/c1-2-8-12-10(11)9-6-4-3-5-7-9;1-3-4-2;1-2/h9H,2-8H2,1H3;3-4H2,1-2H3;1-2H3. The molecular formula is C16H34O2. The topological polar surface area (TPSA) is 26.3 Å². The van der Waals surface area contributed by atoms with Gasteiger partial charge in [0, 0.05) is 0 Å². The molecular weight excluding hydrogens is 224 g/mol. The lowest BCUT2D eigenvalue weighted by Gasteiger charge is -2.19. The molecule has 1 fully saturated rings. The van der Waals surface area contributed by atoms with E-state index in [1.54, 1.807) is 0 Å². The average Bonchev–Trinajstić information content (AvgIpc) is 2.48. The molecule has 2 nitrogen and oxygen atoms in total. The molecule has 1 aliphatic carbocycles. The summed E-state index contributed by atoms with van der Waals surface area (Å²) in [5.74, 6) is 0.252. The van der Waals surface area contributed by atoms with Gasteiger partial charge in [-0.3, -0.25) is 4.79 Å². The summed E-state index contributed by atoms with van der Waals surface area (Å²) in [4.78, 5) is 11.3. The highest BCUT2D eigenvalue weighted by molar-refractivity contribution is 5.72. The maximum absolute atomic E-state index is 11.3. The second-order valence-corrected chi connectivity index (χ2v) is 4.50. The van der Waals surface area contributed by atoms with Crippen LogP contribution < -0.4 is 0 Å². The minimum Gasteiger partial charge on any atom is -0.465 e. The van der Waals surface area contributed by atoms with Crippen molar-refractivity contribution in [3.8, 4) is 0 Å². The average molecular weight is 258 g/mol. The van der Waals surface area contributed by atoms with Crippen LogP contribution in [0.5, 0.6) is 0 Å². The second-order valence-electron chi connectivity index (χ2n) is 4.50. The quantitative estimate of drug-likeness (QED) is 0.635. The molecule has 0 bridgehead atoms. The minimum absolute atomic E-state index is 0.0385. The zero-order chi connectivity index (χ0) is 14.2. The van der Waals surface area contributed by atoms with Gasteiger partial charge in [-0.15, -0.1) is 0 Å². The molecule has 0 amide bonds. The second kappa shape index (κ2) is 16.5. The first kappa shape index (κ1) is 19.8. The van der Waals surface area contributed by atoms with Crippen molar-refractivity contribution in [2.45, 2.75) is 86.0 Å². The molecule has 1 saturated carbocycles. The van der Waals surface area contributed by atoms with E-state index in [0.29, 0.717) is 6.61 Å². The van der Waals surface area contributed by atoms with Crippen LogP contribution in [0, 0.1) is 5.92 Å². The molecule has 0 heterocycles. The number of carbonyl (C=O) groups is 1. The Hall–Kier alpha value is -0.530. The summed E-state index contributed by atoms with van der Waals surface area (Å²) in [5, 5.41) is 0. The molecule has 0 aromatic heterocycles. The van der Waals surface area contributed by atoms with Gasteiger partial charge in [0.25, 0.3) is 0 Å². The molecule has 1 aliphatic rings. The highest BCUT2D eigenvalue weighted by atomic mass is 16.5. The van der Waals surface area contributed by atoms with E-state index in [9.17, 15) is 4.79 Å². The first-order chi connectivity index (χ1) is 8.76. The van der Waals surface area contributed by atoms with E-state index in [1.807, 2.05) is 20.8 Å². The van der Waals surface area contributed by atoms with Gasteiger partial charge < -0.3 is 4.74 Å². The monoisotopic (exact) mass is 258 g/mol. The molecule has 0 spiro atoms. The Balaban J connectivity index is 0. The molecule has 18 heavy (non-hydrogen) atoms. The van der Waals surface area contributed by atoms with Crippen LogP contribution in [-0.2, 0) is 9.53 Å². The van der Waals surface area contributed by atoms with Crippen molar-refractivity contribution < 1.29 is 9.53 Å². The zero-order valence-electron chi connectivity index (χ0n) is 13.3. The van der Waals surface area contributed by atoms with Crippen LogP contribution in [0.1, 0.15) is 86.0 Å². The van der Waals surface area contributed by atoms with Crippen LogP contribution in [0.2, 0.25) is 0 Å². The van der Waals surface area contributed by atoms with Gasteiger partial charge in [0.05, 0.1) is 12.5 Å². The van der Waals surface area contributed by atoms with Gasteiger partial charge in [0.15, 0.2) is 0 Å². The Morgan fingerprint density at radius 1 is 0.944 bits per heavy atom. The van der Waals surface area contributed by atoms with Crippen molar-refractivity contribution in [1.29, 1.82) is 0 Å². The van der Waals surface area contributed by atoms with Crippen molar-refractivity contribution in [1.82, 2.24) is 0 Å². The molecule has 0 unspecified atom stereocenters. The van der Waals surface area contributed by atoms with Gasteiger partial charge in [0.2, 0.25) is 0 Å². The first-order valence-corrected chi connectivity index (χ1v) is 7.92. The summed E-state index contributed by atoms with van der Waals surface area (Å²) in [6.45, 7) is 11.0. The predicted molar refractivity (Wildman–Crippen MR) is 79.8 cm³/mol. The SMILES string of the molecule is CC.CCCC.CCCOC(=O)C1CCCCC1. The van der Waals surface area contributed by atoms with E-state index in [1.165, 1.54) is 32.1 Å². The van der Waals surface area contributed by atoms with Crippen LogP contribution in [0.15, 0.2) is 0 Å². The molecule has 0 aromatic carbocycles. The Morgan fingerprint density at radius 3 is 1.83 bits per heavy atom. The summed E-state index contributed by atoms with van der Waals surface area (Å²) in [6.07, 6.45) is 9.35. The number of carbonyl (C=O) groups excluding carboxylic acids is 1. The fourth-order valence-corrected chi connectivity index (χ4v) is 1.66. The Kier molecular flexibility index (Phi) is 18.1. The normalized spacial score (nSPS) is 14.7. The van der Waals surface area contributed by atoms with Crippen molar-refractivity contribution in [3.63, 3.8) is 0 Å². The lowest BCUT2D eigenvalue weighted by Crippen LogP contribution is -2.20. The highest BCUT2D eigenvalue weighted by Crippen LogP contribution is 2.24. The number of rotatable bonds is 4. The van der Waals surface area contributed by atoms with E-state index in [0.717, 1.165) is 19.3 Å². The van der Waals surface area contributed by atoms with Crippen LogP contribution >= 0.6 is 0 Å². The largest absolute Gasteiger partial charge is 0.465 e. The number of hydrogen-bond donors (Lipinski definition) is 0. The van der Waals surface area contributed by atoms with Gasteiger partial charge in [-0.05, 0) is 19.3 Å². The van der Waals surface area contributed by atoms with Crippen molar-refractivity contribution >= 4 is 5.97 Å². The predicted octanol–water partition coefficient (Wildman–Crippen LogP) is 5.35. The van der Waals surface area contributed by atoms with Gasteiger partial charge in [-0.25, -0.2) is 0 Å². The van der Waals surface area contributed by atoms with E-state index in [4.69, 9.17) is 4.74 Å². The molecule has 0 N–H and O–H groups in total. The van der Waals surface area contributed by atoms with Crippen LogP contribution in [0.25, 0.3) is 0 Å². The fourth-order valence-electron chi connectivity index (χ4n) is 1.66. The summed E-state index contributed by atoms with van der Waals surface area (Å²) < 4.78 is 5.09. The number of ether oxygens (including phenoxy) is 1. The molecule has 0 radical (unpaired) electrons. The van der Waals surface area contributed by atoms with Crippen molar-refractivity contribution in [2.24, 2.45) is 5.92 Å². The third kappa shape index (κ3) is 11.9. The lowest BCUT2D eigenvalue weighted by molar-refractivity contribution is -0.149. The minimum atomic E-state index is 0.0385. The zero-order valence-corrected chi connectivity index (χ0v) is 13.3. The number of unbranched alkanes of at least 4 members (excludes halogenated alkanes) is 1. The number of hydrogen-bond acceptors (Lipinski definition) is 2. The molecule has 0 atom stereocenters. The van der Waals surface area contributed by atoms with Gasteiger partial charge in [-0.2, -0.15) is 0 Å².